The minimum absolute atomic E-state index is 0.00133. The van der Waals surface area contributed by atoms with Crippen LogP contribution in [0.5, 0.6) is 0 Å². The van der Waals surface area contributed by atoms with E-state index in [1.165, 1.54) is 39.6 Å². The highest BCUT2D eigenvalue weighted by molar-refractivity contribution is 8.00. The van der Waals surface area contributed by atoms with Crippen molar-refractivity contribution in [3.05, 3.63) is 46.1 Å². The summed E-state index contributed by atoms with van der Waals surface area (Å²) in [6.07, 6.45) is 5.05. The lowest BCUT2D eigenvalue weighted by Gasteiger charge is -2.18. The maximum absolute atomic E-state index is 12.8. The molecule has 0 radical (unpaired) electrons. The van der Waals surface area contributed by atoms with Crippen molar-refractivity contribution in [1.82, 2.24) is 9.97 Å². The summed E-state index contributed by atoms with van der Waals surface area (Å²) in [4.78, 5) is 24.3. The molecule has 4 nitrogen and oxygen atoms in total. The van der Waals surface area contributed by atoms with Gasteiger partial charge in [-0.25, -0.2) is 9.97 Å². The Morgan fingerprint density at radius 2 is 2.14 bits per heavy atom. The molecular formula is C22H25N3OS2. The van der Waals surface area contributed by atoms with Crippen LogP contribution in [0.25, 0.3) is 10.2 Å². The molecule has 0 saturated heterocycles. The van der Waals surface area contributed by atoms with E-state index in [4.69, 9.17) is 0 Å². The first-order valence-electron chi connectivity index (χ1n) is 9.72. The van der Waals surface area contributed by atoms with Gasteiger partial charge in [0, 0.05) is 16.0 Å². The van der Waals surface area contributed by atoms with Gasteiger partial charge < -0.3 is 5.32 Å². The number of benzene rings is 1. The Hall–Kier alpha value is -1.92. The van der Waals surface area contributed by atoms with Crippen molar-refractivity contribution in [2.75, 3.05) is 5.32 Å². The predicted octanol–water partition coefficient (Wildman–Crippen LogP) is 5.55. The van der Waals surface area contributed by atoms with Crippen molar-refractivity contribution >= 4 is 44.9 Å². The van der Waals surface area contributed by atoms with Crippen molar-refractivity contribution in [2.24, 2.45) is 5.92 Å². The van der Waals surface area contributed by atoms with Gasteiger partial charge in [-0.15, -0.1) is 11.3 Å². The lowest BCUT2D eigenvalue weighted by molar-refractivity contribution is -0.115. The van der Waals surface area contributed by atoms with Crippen LogP contribution in [-0.4, -0.2) is 21.1 Å². The number of anilines is 1. The number of carbonyl (C=O) groups is 1. The van der Waals surface area contributed by atoms with Crippen LogP contribution < -0.4 is 5.32 Å². The van der Waals surface area contributed by atoms with E-state index in [9.17, 15) is 4.79 Å². The smallest absolute Gasteiger partial charge is 0.237 e. The summed E-state index contributed by atoms with van der Waals surface area (Å²) in [6.45, 7) is 8.33. The molecule has 0 aliphatic heterocycles. The predicted molar refractivity (Wildman–Crippen MR) is 118 cm³/mol. The normalized spacial score (nSPS) is 17.4. The van der Waals surface area contributed by atoms with E-state index in [-0.39, 0.29) is 11.2 Å². The number of hydrogen-bond acceptors (Lipinski definition) is 5. The molecule has 4 rings (SSSR count). The summed E-state index contributed by atoms with van der Waals surface area (Å²) in [5.41, 5.74) is 4.55. The maximum atomic E-state index is 12.8. The fourth-order valence-electron chi connectivity index (χ4n) is 3.74. The van der Waals surface area contributed by atoms with E-state index >= 15 is 0 Å². The van der Waals surface area contributed by atoms with Crippen LogP contribution in [0.15, 0.2) is 29.6 Å². The van der Waals surface area contributed by atoms with Gasteiger partial charge in [0.05, 0.1) is 5.25 Å². The SMILES string of the molecule is Cc1ccc(NC(=O)[C@@H](C)Sc2ncnc3sc4c(c23)CC[C@H](C)C4)c(C)c1. The minimum atomic E-state index is -0.239. The summed E-state index contributed by atoms with van der Waals surface area (Å²) in [7, 11) is 0. The molecule has 0 bridgehead atoms. The molecule has 0 saturated carbocycles. The highest BCUT2D eigenvalue weighted by atomic mass is 32.2. The molecule has 28 heavy (non-hydrogen) atoms. The van der Waals surface area contributed by atoms with Crippen LogP contribution in [0.3, 0.4) is 0 Å². The largest absolute Gasteiger partial charge is 0.325 e. The van der Waals surface area contributed by atoms with Gasteiger partial charge in [-0.05, 0) is 63.1 Å². The van der Waals surface area contributed by atoms with Gasteiger partial charge in [0.2, 0.25) is 5.91 Å². The molecule has 1 aliphatic rings. The zero-order valence-electron chi connectivity index (χ0n) is 16.7. The molecular weight excluding hydrogens is 386 g/mol. The molecule has 0 unspecified atom stereocenters. The second kappa shape index (κ2) is 7.84. The summed E-state index contributed by atoms with van der Waals surface area (Å²) in [5.74, 6) is 0.730. The number of aryl methyl sites for hydroxylation is 3. The zero-order valence-corrected chi connectivity index (χ0v) is 18.3. The van der Waals surface area contributed by atoms with Crippen LogP contribution in [0.1, 0.15) is 41.8 Å². The van der Waals surface area contributed by atoms with Crippen molar-refractivity contribution in [2.45, 2.75) is 57.2 Å². The van der Waals surface area contributed by atoms with Crippen molar-refractivity contribution in [3.8, 4) is 0 Å². The van der Waals surface area contributed by atoms with Gasteiger partial charge in [0.1, 0.15) is 16.2 Å². The topological polar surface area (TPSA) is 54.9 Å². The number of rotatable bonds is 4. The summed E-state index contributed by atoms with van der Waals surface area (Å²) in [6, 6.07) is 6.08. The monoisotopic (exact) mass is 411 g/mol. The van der Waals surface area contributed by atoms with Crippen LogP contribution in [0, 0.1) is 19.8 Å². The number of carbonyl (C=O) groups excluding carboxylic acids is 1. The highest BCUT2D eigenvalue weighted by Crippen LogP contribution is 2.41. The molecule has 1 aromatic carbocycles. The zero-order chi connectivity index (χ0) is 19.8. The Labute approximate surface area is 174 Å². The van der Waals surface area contributed by atoms with Crippen LogP contribution in [0.4, 0.5) is 5.69 Å². The van der Waals surface area contributed by atoms with Crippen molar-refractivity contribution in [1.29, 1.82) is 0 Å². The number of nitrogens with zero attached hydrogens (tertiary/aromatic N) is 2. The number of hydrogen-bond donors (Lipinski definition) is 1. The third-order valence-corrected chi connectivity index (χ3v) is 7.62. The number of thiophene rings is 1. The van der Waals surface area contributed by atoms with Crippen molar-refractivity contribution in [3.63, 3.8) is 0 Å². The van der Waals surface area contributed by atoms with Gasteiger partial charge in [-0.3, -0.25) is 4.79 Å². The first-order valence-corrected chi connectivity index (χ1v) is 11.4. The average Bonchev–Trinajstić information content (AvgIpc) is 3.02. The molecule has 3 aromatic rings. The minimum Gasteiger partial charge on any atom is -0.325 e. The van der Waals surface area contributed by atoms with Crippen LogP contribution in [-0.2, 0) is 17.6 Å². The van der Waals surface area contributed by atoms with E-state index in [0.29, 0.717) is 0 Å². The number of amides is 1. The molecule has 1 N–H and O–H groups in total. The fourth-order valence-corrected chi connectivity index (χ4v) is 6.11. The molecule has 2 atom stereocenters. The second-order valence-electron chi connectivity index (χ2n) is 7.78. The third kappa shape index (κ3) is 3.80. The second-order valence-corrected chi connectivity index (χ2v) is 10.2. The first kappa shape index (κ1) is 19.4. The number of thioether (sulfide) groups is 1. The molecule has 146 valence electrons. The van der Waals surface area contributed by atoms with Gasteiger partial charge >= 0.3 is 0 Å². The van der Waals surface area contributed by atoms with Gasteiger partial charge in [0.15, 0.2) is 0 Å². The Kier molecular flexibility index (Phi) is 5.43. The molecule has 6 heteroatoms. The number of fused-ring (bicyclic) bond motifs is 3. The fraction of sp³-hybridized carbons (Fsp3) is 0.409. The standard InChI is InChI=1S/C22H25N3OS2/c1-12-6-8-17(14(3)9-12)25-20(26)15(4)27-21-19-16-7-5-13(2)10-18(16)28-22(19)24-11-23-21/h6,8-9,11,13,15H,5,7,10H2,1-4H3,(H,25,26)/t13-,15+/m0/s1. The lowest BCUT2D eigenvalue weighted by atomic mass is 9.89. The van der Waals surface area contributed by atoms with E-state index < -0.39 is 0 Å². The summed E-state index contributed by atoms with van der Waals surface area (Å²) >= 11 is 3.33. The van der Waals surface area contributed by atoms with Crippen LogP contribution in [0.2, 0.25) is 0 Å². The highest BCUT2D eigenvalue weighted by Gasteiger charge is 2.25. The van der Waals surface area contributed by atoms with E-state index in [1.54, 1.807) is 17.7 Å². The summed E-state index contributed by atoms with van der Waals surface area (Å²) < 4.78 is 0. The van der Waals surface area contributed by atoms with Crippen molar-refractivity contribution < 1.29 is 4.79 Å². The number of aromatic nitrogens is 2. The lowest BCUT2D eigenvalue weighted by Crippen LogP contribution is -2.23. The first-order chi connectivity index (χ1) is 13.4. The van der Waals surface area contributed by atoms with E-state index in [2.05, 4.69) is 35.2 Å². The molecule has 0 spiro atoms. The maximum Gasteiger partial charge on any atom is 0.237 e. The van der Waals surface area contributed by atoms with E-state index in [0.717, 1.165) is 39.9 Å². The Morgan fingerprint density at radius 3 is 2.93 bits per heavy atom. The molecule has 2 heterocycles. The van der Waals surface area contributed by atoms with Crippen LogP contribution >= 0.6 is 23.1 Å². The molecule has 0 fully saturated rings. The van der Waals surface area contributed by atoms with Gasteiger partial charge in [0.25, 0.3) is 0 Å². The molecule has 1 aliphatic carbocycles. The average molecular weight is 412 g/mol. The summed E-state index contributed by atoms with van der Waals surface area (Å²) in [5, 5.41) is 4.93. The third-order valence-electron chi connectivity index (χ3n) is 5.35. The van der Waals surface area contributed by atoms with E-state index in [1.807, 2.05) is 26.0 Å². The van der Waals surface area contributed by atoms with Gasteiger partial charge in [-0.1, -0.05) is 36.4 Å². The Morgan fingerprint density at radius 1 is 1.32 bits per heavy atom. The molecule has 1 amide bonds. The quantitative estimate of drug-likeness (QED) is 0.451. The van der Waals surface area contributed by atoms with Gasteiger partial charge in [-0.2, -0.15) is 0 Å². The Bertz CT molecular complexity index is 1040. The molecule has 2 aromatic heterocycles. The Balaban J connectivity index is 1.56. The number of nitrogens with one attached hydrogen (secondary N) is 1.